The summed E-state index contributed by atoms with van der Waals surface area (Å²) in [5.41, 5.74) is 0.982. The molecule has 7 nitrogen and oxygen atoms in total. The van der Waals surface area contributed by atoms with E-state index < -0.39 is 0 Å². The van der Waals surface area contributed by atoms with E-state index in [4.69, 9.17) is 9.15 Å². The Labute approximate surface area is 137 Å². The normalized spacial score (nSPS) is 18.4. The van der Waals surface area contributed by atoms with Gasteiger partial charge in [0.1, 0.15) is 17.6 Å². The summed E-state index contributed by atoms with van der Waals surface area (Å²) in [4.78, 5) is 31.1. The maximum Gasteiger partial charge on any atom is 0.297 e. The number of ether oxygens (including phenoxy) is 1. The zero-order chi connectivity index (χ0) is 16.7. The Kier molecular flexibility index (Phi) is 3.57. The first kappa shape index (κ1) is 14.9. The number of carbonyl (C=O) groups is 1. The smallest absolute Gasteiger partial charge is 0.297 e. The van der Waals surface area contributed by atoms with E-state index >= 15 is 0 Å². The van der Waals surface area contributed by atoms with E-state index in [0.29, 0.717) is 30.8 Å². The Morgan fingerprint density at radius 2 is 2.21 bits per heavy atom. The van der Waals surface area contributed by atoms with Crippen LogP contribution in [0.1, 0.15) is 6.92 Å². The van der Waals surface area contributed by atoms with E-state index in [0.717, 1.165) is 5.39 Å². The molecule has 3 heterocycles. The number of para-hydroxylation sites is 1. The van der Waals surface area contributed by atoms with E-state index in [-0.39, 0.29) is 29.7 Å². The van der Waals surface area contributed by atoms with Crippen molar-refractivity contribution in [3.8, 4) is 0 Å². The topological polar surface area (TPSA) is 77.6 Å². The van der Waals surface area contributed by atoms with Crippen LogP contribution < -0.4 is 5.56 Å². The van der Waals surface area contributed by atoms with Gasteiger partial charge in [0.05, 0.1) is 19.0 Å². The maximum atomic E-state index is 12.6. The molecule has 4 rings (SSSR count). The molecule has 3 aromatic rings. The third-order valence-corrected chi connectivity index (χ3v) is 4.25. The molecular weight excluding hydrogens is 310 g/mol. The van der Waals surface area contributed by atoms with Crippen LogP contribution in [0.5, 0.6) is 0 Å². The first-order valence-corrected chi connectivity index (χ1v) is 7.89. The van der Waals surface area contributed by atoms with Crippen LogP contribution >= 0.6 is 0 Å². The third-order valence-electron chi connectivity index (χ3n) is 4.25. The molecule has 1 fully saturated rings. The third kappa shape index (κ3) is 2.46. The lowest BCUT2D eigenvalue weighted by atomic mass is 10.2. The van der Waals surface area contributed by atoms with Crippen molar-refractivity contribution < 1.29 is 13.9 Å². The first-order valence-electron chi connectivity index (χ1n) is 7.89. The van der Waals surface area contributed by atoms with Crippen molar-refractivity contribution in [1.29, 1.82) is 0 Å². The number of fused-ring (bicyclic) bond motifs is 3. The molecule has 24 heavy (non-hydrogen) atoms. The number of furan rings is 1. The van der Waals surface area contributed by atoms with Crippen LogP contribution in [0.25, 0.3) is 22.1 Å². The predicted molar refractivity (Wildman–Crippen MR) is 87.8 cm³/mol. The van der Waals surface area contributed by atoms with Gasteiger partial charge >= 0.3 is 0 Å². The van der Waals surface area contributed by atoms with E-state index in [1.165, 1.54) is 10.9 Å². The van der Waals surface area contributed by atoms with Gasteiger partial charge in [-0.15, -0.1) is 0 Å². The largest absolute Gasteiger partial charge is 0.448 e. The zero-order valence-corrected chi connectivity index (χ0v) is 13.3. The summed E-state index contributed by atoms with van der Waals surface area (Å²) >= 11 is 0. The number of nitrogens with zero attached hydrogens (tertiary/aromatic N) is 3. The van der Waals surface area contributed by atoms with E-state index in [9.17, 15) is 9.59 Å². The molecule has 124 valence electrons. The number of benzene rings is 1. The van der Waals surface area contributed by atoms with Gasteiger partial charge in [0, 0.05) is 18.5 Å². The highest BCUT2D eigenvalue weighted by atomic mass is 16.5. The summed E-state index contributed by atoms with van der Waals surface area (Å²) in [6, 6.07) is 7.36. The number of rotatable bonds is 2. The summed E-state index contributed by atoms with van der Waals surface area (Å²) in [6.45, 7) is 3.47. The monoisotopic (exact) mass is 327 g/mol. The number of hydrogen-bond acceptors (Lipinski definition) is 5. The van der Waals surface area contributed by atoms with Gasteiger partial charge in [-0.25, -0.2) is 4.98 Å². The average Bonchev–Trinajstić information content (AvgIpc) is 2.97. The number of carbonyl (C=O) groups excluding carboxylic acids is 1. The summed E-state index contributed by atoms with van der Waals surface area (Å²) in [5, 5.41) is 0.796. The zero-order valence-electron chi connectivity index (χ0n) is 13.3. The van der Waals surface area contributed by atoms with Crippen LogP contribution in [0, 0.1) is 0 Å². The van der Waals surface area contributed by atoms with Crippen LogP contribution in [-0.2, 0) is 16.1 Å². The van der Waals surface area contributed by atoms with Gasteiger partial charge in [-0.3, -0.25) is 14.2 Å². The highest BCUT2D eigenvalue weighted by Gasteiger charge is 2.22. The number of amides is 1. The molecule has 0 spiro atoms. The molecule has 0 saturated carbocycles. The van der Waals surface area contributed by atoms with Crippen molar-refractivity contribution in [1.82, 2.24) is 14.5 Å². The standard InChI is InChI=1S/C17H17N3O4/c1-11-8-19(6-7-23-11)14(21)9-20-10-18-15-12-4-2-3-5-13(12)24-16(15)17(20)22/h2-5,10-11H,6-9H2,1H3/t11-/m1/s1. The quantitative estimate of drug-likeness (QED) is 0.711. The Morgan fingerprint density at radius 3 is 3.04 bits per heavy atom. The van der Waals surface area contributed by atoms with Crippen LogP contribution in [0.15, 0.2) is 39.8 Å². The first-order chi connectivity index (χ1) is 11.6. The molecule has 1 aliphatic rings. The summed E-state index contributed by atoms with van der Waals surface area (Å²) < 4.78 is 12.4. The minimum Gasteiger partial charge on any atom is -0.448 e. The summed E-state index contributed by atoms with van der Waals surface area (Å²) in [6.07, 6.45) is 1.42. The van der Waals surface area contributed by atoms with Gasteiger partial charge in [-0.05, 0) is 19.1 Å². The van der Waals surface area contributed by atoms with Gasteiger partial charge in [0.25, 0.3) is 5.56 Å². The molecule has 1 saturated heterocycles. The highest BCUT2D eigenvalue weighted by Crippen LogP contribution is 2.24. The lowest BCUT2D eigenvalue weighted by Crippen LogP contribution is -2.46. The Hall–Kier alpha value is -2.67. The Morgan fingerprint density at radius 1 is 1.38 bits per heavy atom. The summed E-state index contributed by atoms with van der Waals surface area (Å²) in [5.74, 6) is -0.121. The van der Waals surface area contributed by atoms with Crippen molar-refractivity contribution in [3.05, 3.63) is 40.9 Å². The molecule has 0 bridgehead atoms. The number of morpholine rings is 1. The van der Waals surface area contributed by atoms with Crippen molar-refractivity contribution in [2.75, 3.05) is 19.7 Å². The fraction of sp³-hybridized carbons (Fsp3) is 0.353. The molecule has 0 aliphatic carbocycles. The van der Waals surface area contributed by atoms with Gasteiger partial charge in [0.15, 0.2) is 0 Å². The van der Waals surface area contributed by atoms with Gasteiger partial charge in [0.2, 0.25) is 11.5 Å². The fourth-order valence-corrected chi connectivity index (χ4v) is 3.02. The van der Waals surface area contributed by atoms with Gasteiger partial charge in [-0.2, -0.15) is 0 Å². The van der Waals surface area contributed by atoms with E-state index in [2.05, 4.69) is 4.98 Å². The van der Waals surface area contributed by atoms with Crippen LogP contribution in [0.2, 0.25) is 0 Å². The maximum absolute atomic E-state index is 12.6. The second-order valence-electron chi connectivity index (χ2n) is 5.97. The molecule has 0 N–H and O–H groups in total. The lowest BCUT2D eigenvalue weighted by molar-refractivity contribution is -0.138. The van der Waals surface area contributed by atoms with Crippen molar-refractivity contribution in [2.24, 2.45) is 0 Å². The van der Waals surface area contributed by atoms with Crippen molar-refractivity contribution in [2.45, 2.75) is 19.6 Å². The number of hydrogen-bond donors (Lipinski definition) is 0. The minimum atomic E-state index is -0.342. The molecule has 7 heteroatoms. The molecule has 1 atom stereocenters. The predicted octanol–water partition coefficient (Wildman–Crippen LogP) is 1.39. The fourth-order valence-electron chi connectivity index (χ4n) is 3.02. The molecular formula is C17H17N3O4. The average molecular weight is 327 g/mol. The van der Waals surface area contributed by atoms with Crippen LogP contribution in [0.4, 0.5) is 0 Å². The van der Waals surface area contributed by atoms with Crippen molar-refractivity contribution >= 4 is 28.0 Å². The number of aromatic nitrogens is 2. The molecule has 0 radical (unpaired) electrons. The van der Waals surface area contributed by atoms with E-state index in [1.807, 2.05) is 25.1 Å². The molecule has 1 aliphatic heterocycles. The molecule has 1 aromatic carbocycles. The van der Waals surface area contributed by atoms with Crippen molar-refractivity contribution in [3.63, 3.8) is 0 Å². The highest BCUT2D eigenvalue weighted by molar-refractivity contribution is 6.01. The molecule has 2 aromatic heterocycles. The second kappa shape index (κ2) is 5.76. The Balaban J connectivity index is 1.67. The van der Waals surface area contributed by atoms with Gasteiger partial charge < -0.3 is 14.1 Å². The van der Waals surface area contributed by atoms with Gasteiger partial charge in [-0.1, -0.05) is 12.1 Å². The Bertz CT molecular complexity index is 975. The second-order valence-corrected chi connectivity index (χ2v) is 5.97. The van der Waals surface area contributed by atoms with Crippen LogP contribution in [0.3, 0.4) is 0 Å². The summed E-state index contributed by atoms with van der Waals surface area (Å²) in [7, 11) is 0. The molecule has 1 amide bonds. The molecule has 0 unspecified atom stereocenters. The minimum absolute atomic E-state index is 0.00963. The van der Waals surface area contributed by atoms with E-state index in [1.54, 1.807) is 11.0 Å². The van der Waals surface area contributed by atoms with Crippen LogP contribution in [-0.4, -0.2) is 46.2 Å². The SMILES string of the molecule is C[C@@H]1CN(C(=O)Cn2cnc3c(oc4ccccc43)c2=O)CCO1. The lowest BCUT2D eigenvalue weighted by Gasteiger charge is -2.31.